The Bertz CT molecular complexity index is 485. The normalized spacial score (nSPS) is 34.2. The molecule has 0 spiro atoms. The SMILES string of the molecule is CN1CCCC(NC2CC(C#N)(c3ccccc3)C2)C1. The maximum atomic E-state index is 9.57. The molecule has 3 nitrogen and oxygen atoms in total. The van der Waals surface area contributed by atoms with Crippen LogP contribution < -0.4 is 5.32 Å². The zero-order valence-corrected chi connectivity index (χ0v) is 12.2. The second kappa shape index (κ2) is 5.55. The molecule has 1 aliphatic carbocycles. The van der Waals surface area contributed by atoms with Crippen molar-refractivity contribution in [2.75, 3.05) is 20.1 Å². The van der Waals surface area contributed by atoms with Gasteiger partial charge in [0.2, 0.25) is 0 Å². The Balaban J connectivity index is 1.58. The van der Waals surface area contributed by atoms with Gasteiger partial charge < -0.3 is 10.2 Å². The van der Waals surface area contributed by atoms with Gasteiger partial charge in [-0.15, -0.1) is 0 Å². The lowest BCUT2D eigenvalue weighted by atomic mass is 9.62. The Kier molecular flexibility index (Phi) is 3.78. The minimum atomic E-state index is -0.251. The van der Waals surface area contributed by atoms with Gasteiger partial charge in [0, 0.05) is 18.6 Å². The van der Waals surface area contributed by atoms with Crippen LogP contribution in [0.15, 0.2) is 30.3 Å². The summed E-state index contributed by atoms with van der Waals surface area (Å²) in [5, 5.41) is 13.3. The minimum Gasteiger partial charge on any atom is -0.310 e. The average Bonchev–Trinajstić information content (AvgIpc) is 2.43. The van der Waals surface area contributed by atoms with E-state index in [-0.39, 0.29) is 5.41 Å². The molecule has 3 heteroatoms. The average molecular weight is 269 g/mol. The summed E-state index contributed by atoms with van der Waals surface area (Å²) in [4.78, 5) is 2.40. The molecule has 1 atom stereocenters. The van der Waals surface area contributed by atoms with Crippen LogP contribution in [-0.2, 0) is 5.41 Å². The summed E-state index contributed by atoms with van der Waals surface area (Å²) in [7, 11) is 2.19. The fraction of sp³-hybridized carbons (Fsp3) is 0.588. The van der Waals surface area contributed by atoms with Gasteiger partial charge in [-0.05, 0) is 44.8 Å². The number of piperidine rings is 1. The minimum absolute atomic E-state index is 0.251. The van der Waals surface area contributed by atoms with E-state index in [9.17, 15) is 5.26 Å². The molecule has 1 saturated carbocycles. The molecule has 1 aromatic rings. The lowest BCUT2D eigenvalue weighted by molar-refractivity contribution is 0.162. The van der Waals surface area contributed by atoms with Crippen LogP contribution in [0.5, 0.6) is 0 Å². The Morgan fingerprint density at radius 3 is 2.65 bits per heavy atom. The highest BCUT2D eigenvalue weighted by atomic mass is 15.1. The summed E-state index contributed by atoms with van der Waals surface area (Å²) >= 11 is 0. The maximum Gasteiger partial charge on any atom is 0.0852 e. The van der Waals surface area contributed by atoms with Crippen molar-refractivity contribution in [3.63, 3.8) is 0 Å². The molecule has 1 aliphatic heterocycles. The fourth-order valence-electron chi connectivity index (χ4n) is 3.68. The van der Waals surface area contributed by atoms with Crippen molar-refractivity contribution < 1.29 is 0 Å². The van der Waals surface area contributed by atoms with Gasteiger partial charge in [-0.3, -0.25) is 0 Å². The second-order valence-corrected chi connectivity index (χ2v) is 6.43. The first-order chi connectivity index (χ1) is 9.72. The summed E-state index contributed by atoms with van der Waals surface area (Å²) in [6, 6.07) is 13.9. The van der Waals surface area contributed by atoms with Gasteiger partial charge in [0.1, 0.15) is 0 Å². The largest absolute Gasteiger partial charge is 0.310 e. The Morgan fingerprint density at radius 2 is 2.00 bits per heavy atom. The summed E-state index contributed by atoms with van der Waals surface area (Å²) in [6.45, 7) is 2.36. The number of likely N-dealkylation sites (tertiary alicyclic amines) is 1. The van der Waals surface area contributed by atoms with Gasteiger partial charge in [0.05, 0.1) is 11.5 Å². The summed E-state index contributed by atoms with van der Waals surface area (Å²) in [5.74, 6) is 0. The van der Waals surface area contributed by atoms with Crippen LogP contribution in [0.2, 0.25) is 0 Å². The second-order valence-electron chi connectivity index (χ2n) is 6.43. The molecule has 1 N–H and O–H groups in total. The quantitative estimate of drug-likeness (QED) is 0.915. The smallest absolute Gasteiger partial charge is 0.0852 e. The Labute approximate surface area is 121 Å². The van der Waals surface area contributed by atoms with Crippen molar-refractivity contribution in [2.45, 2.75) is 43.2 Å². The molecule has 1 aromatic carbocycles. The molecule has 0 radical (unpaired) electrons. The molecule has 20 heavy (non-hydrogen) atoms. The molecule has 0 aromatic heterocycles. The highest BCUT2D eigenvalue weighted by Gasteiger charge is 2.46. The van der Waals surface area contributed by atoms with E-state index in [1.54, 1.807) is 0 Å². The third kappa shape index (κ3) is 2.59. The van der Waals surface area contributed by atoms with Crippen LogP contribution in [0, 0.1) is 11.3 Å². The van der Waals surface area contributed by atoms with Crippen molar-refractivity contribution in [3.05, 3.63) is 35.9 Å². The zero-order chi connectivity index (χ0) is 14.0. The van der Waals surface area contributed by atoms with Crippen LogP contribution in [0.3, 0.4) is 0 Å². The Morgan fingerprint density at radius 1 is 1.25 bits per heavy atom. The van der Waals surface area contributed by atoms with Crippen LogP contribution in [0.4, 0.5) is 0 Å². The predicted octanol–water partition coefficient (Wildman–Crippen LogP) is 2.29. The molecular weight excluding hydrogens is 246 g/mol. The number of likely N-dealkylation sites (N-methyl/N-ethyl adjacent to an activating group) is 1. The molecule has 0 amide bonds. The molecule has 3 rings (SSSR count). The summed E-state index contributed by atoms with van der Waals surface area (Å²) in [6.07, 6.45) is 4.45. The molecular formula is C17H23N3. The van der Waals surface area contributed by atoms with E-state index >= 15 is 0 Å². The molecule has 2 aliphatic rings. The van der Waals surface area contributed by atoms with Crippen molar-refractivity contribution in [1.82, 2.24) is 10.2 Å². The molecule has 0 bridgehead atoms. The van der Waals surface area contributed by atoms with E-state index in [1.807, 2.05) is 18.2 Å². The van der Waals surface area contributed by atoms with Crippen LogP contribution in [-0.4, -0.2) is 37.1 Å². The van der Waals surface area contributed by atoms with Crippen molar-refractivity contribution in [3.8, 4) is 6.07 Å². The first kappa shape index (κ1) is 13.6. The lowest BCUT2D eigenvalue weighted by Crippen LogP contribution is -2.56. The van der Waals surface area contributed by atoms with E-state index in [0.717, 1.165) is 19.4 Å². The first-order valence-corrected chi connectivity index (χ1v) is 7.63. The highest BCUT2D eigenvalue weighted by Crippen LogP contribution is 2.43. The van der Waals surface area contributed by atoms with E-state index in [4.69, 9.17) is 0 Å². The number of hydrogen-bond acceptors (Lipinski definition) is 3. The van der Waals surface area contributed by atoms with Gasteiger partial charge in [-0.25, -0.2) is 0 Å². The molecule has 1 saturated heterocycles. The number of nitrogens with one attached hydrogen (secondary N) is 1. The van der Waals surface area contributed by atoms with E-state index in [2.05, 4.69) is 35.5 Å². The number of nitriles is 1. The zero-order valence-electron chi connectivity index (χ0n) is 12.2. The number of benzene rings is 1. The Hall–Kier alpha value is -1.37. The fourth-order valence-corrected chi connectivity index (χ4v) is 3.68. The topological polar surface area (TPSA) is 39.1 Å². The highest BCUT2D eigenvalue weighted by molar-refractivity contribution is 5.36. The lowest BCUT2D eigenvalue weighted by Gasteiger charge is -2.46. The summed E-state index contributed by atoms with van der Waals surface area (Å²) in [5.41, 5.74) is 0.931. The van der Waals surface area contributed by atoms with Gasteiger partial charge in [-0.2, -0.15) is 5.26 Å². The van der Waals surface area contributed by atoms with Crippen molar-refractivity contribution in [1.29, 1.82) is 5.26 Å². The molecule has 1 unspecified atom stereocenters. The van der Waals surface area contributed by atoms with Crippen molar-refractivity contribution >= 4 is 0 Å². The van der Waals surface area contributed by atoms with Gasteiger partial charge in [0.25, 0.3) is 0 Å². The van der Waals surface area contributed by atoms with E-state index < -0.39 is 0 Å². The van der Waals surface area contributed by atoms with Gasteiger partial charge >= 0.3 is 0 Å². The first-order valence-electron chi connectivity index (χ1n) is 7.63. The van der Waals surface area contributed by atoms with Gasteiger partial charge in [-0.1, -0.05) is 30.3 Å². The van der Waals surface area contributed by atoms with Gasteiger partial charge in [0.15, 0.2) is 0 Å². The predicted molar refractivity (Wildman–Crippen MR) is 80.4 cm³/mol. The van der Waals surface area contributed by atoms with Crippen LogP contribution in [0.25, 0.3) is 0 Å². The monoisotopic (exact) mass is 269 g/mol. The maximum absolute atomic E-state index is 9.57. The number of hydrogen-bond donors (Lipinski definition) is 1. The third-order valence-corrected chi connectivity index (χ3v) is 4.83. The molecule has 1 heterocycles. The van der Waals surface area contributed by atoms with Crippen molar-refractivity contribution in [2.24, 2.45) is 0 Å². The number of nitrogens with zero attached hydrogens (tertiary/aromatic N) is 2. The third-order valence-electron chi connectivity index (χ3n) is 4.83. The number of rotatable bonds is 3. The molecule has 2 fully saturated rings. The molecule has 106 valence electrons. The van der Waals surface area contributed by atoms with E-state index in [1.165, 1.54) is 24.9 Å². The van der Waals surface area contributed by atoms with Crippen LogP contribution >= 0.6 is 0 Å². The summed E-state index contributed by atoms with van der Waals surface area (Å²) < 4.78 is 0. The van der Waals surface area contributed by atoms with Crippen LogP contribution in [0.1, 0.15) is 31.2 Å². The standard InChI is InChI=1S/C17H23N3/c1-20-9-5-8-15(12-20)19-16-10-17(11-16,13-18)14-6-3-2-4-7-14/h2-4,6-7,15-16,19H,5,8-12H2,1H3. The van der Waals surface area contributed by atoms with E-state index in [0.29, 0.717) is 12.1 Å².